The number of hydrogen-bond acceptors (Lipinski definition) is 6. The monoisotopic (exact) mass is 346 g/mol. The minimum atomic E-state index is -3.86. The van der Waals surface area contributed by atoms with Crippen molar-refractivity contribution >= 4 is 10.0 Å². The van der Waals surface area contributed by atoms with E-state index in [4.69, 9.17) is 19.9 Å². The maximum Gasteiger partial charge on any atom is 0.248 e. The third-order valence-electron chi connectivity index (χ3n) is 3.96. The Morgan fingerprint density at radius 2 is 1.52 bits per heavy atom. The zero-order chi connectivity index (χ0) is 17.7. The lowest BCUT2D eigenvalue weighted by Gasteiger charge is -2.27. The highest BCUT2D eigenvalue weighted by molar-refractivity contribution is 7.89. The smallest absolute Gasteiger partial charge is 0.248 e. The number of ether oxygens (including phenoxy) is 3. The standard InChI is InChI=1S/C15H26N2O5S/c1-6-15(16,7-2)10-17-23(18,19)14-12(21-4)8-11(20-3)9-13(14)22-5/h8-9,17H,6-7,10,16H2,1-5H3. The molecule has 0 aliphatic carbocycles. The number of nitrogens with two attached hydrogens (primary N) is 1. The summed E-state index contributed by atoms with van der Waals surface area (Å²) in [5, 5.41) is 0. The molecule has 0 saturated heterocycles. The van der Waals surface area contributed by atoms with Crippen molar-refractivity contribution in [3.8, 4) is 17.2 Å². The van der Waals surface area contributed by atoms with E-state index in [1.54, 1.807) is 0 Å². The highest BCUT2D eigenvalue weighted by Crippen LogP contribution is 2.37. The second-order valence-electron chi connectivity index (χ2n) is 5.26. The lowest BCUT2D eigenvalue weighted by Crippen LogP contribution is -2.49. The van der Waals surface area contributed by atoms with Gasteiger partial charge >= 0.3 is 0 Å². The molecule has 0 amide bonds. The van der Waals surface area contributed by atoms with Crippen LogP contribution in [0.4, 0.5) is 0 Å². The molecule has 0 atom stereocenters. The number of rotatable bonds is 9. The molecule has 23 heavy (non-hydrogen) atoms. The molecule has 0 bridgehead atoms. The average molecular weight is 346 g/mol. The van der Waals surface area contributed by atoms with Crippen LogP contribution in [0.25, 0.3) is 0 Å². The Balaban J connectivity index is 3.27. The molecule has 7 nitrogen and oxygen atoms in total. The number of nitrogens with one attached hydrogen (secondary N) is 1. The first-order chi connectivity index (χ1) is 10.8. The maximum atomic E-state index is 12.7. The molecule has 8 heteroatoms. The SMILES string of the molecule is CCC(N)(CC)CNS(=O)(=O)c1c(OC)cc(OC)cc1OC. The summed E-state index contributed by atoms with van der Waals surface area (Å²) in [7, 11) is 0.393. The Morgan fingerprint density at radius 1 is 1.04 bits per heavy atom. The topological polar surface area (TPSA) is 99.9 Å². The summed E-state index contributed by atoms with van der Waals surface area (Å²) in [5.41, 5.74) is 5.56. The number of sulfonamides is 1. The van der Waals surface area contributed by atoms with E-state index < -0.39 is 15.6 Å². The first-order valence-electron chi connectivity index (χ1n) is 7.35. The molecule has 3 N–H and O–H groups in total. The van der Waals surface area contributed by atoms with Gasteiger partial charge < -0.3 is 19.9 Å². The van der Waals surface area contributed by atoms with Crippen LogP contribution in [-0.2, 0) is 10.0 Å². The maximum absolute atomic E-state index is 12.7. The summed E-state index contributed by atoms with van der Waals surface area (Å²) in [6.45, 7) is 3.97. The van der Waals surface area contributed by atoms with Gasteiger partial charge in [0, 0.05) is 24.2 Å². The third kappa shape index (κ3) is 4.49. The van der Waals surface area contributed by atoms with Crippen LogP contribution in [0.15, 0.2) is 17.0 Å². The van der Waals surface area contributed by atoms with Crippen LogP contribution in [-0.4, -0.2) is 41.8 Å². The molecule has 1 rings (SSSR count). The van der Waals surface area contributed by atoms with Crippen molar-refractivity contribution in [2.45, 2.75) is 37.1 Å². The largest absolute Gasteiger partial charge is 0.496 e. The van der Waals surface area contributed by atoms with Gasteiger partial charge in [0.1, 0.15) is 17.2 Å². The summed E-state index contributed by atoms with van der Waals surface area (Å²) in [5.74, 6) is 0.724. The summed E-state index contributed by atoms with van der Waals surface area (Å²) in [6.07, 6.45) is 1.31. The van der Waals surface area contributed by atoms with Gasteiger partial charge in [-0.25, -0.2) is 13.1 Å². The molecule has 0 fully saturated rings. The van der Waals surface area contributed by atoms with Crippen molar-refractivity contribution < 1.29 is 22.6 Å². The Morgan fingerprint density at radius 3 is 1.87 bits per heavy atom. The van der Waals surface area contributed by atoms with E-state index in [1.807, 2.05) is 13.8 Å². The van der Waals surface area contributed by atoms with E-state index in [0.29, 0.717) is 18.6 Å². The van der Waals surface area contributed by atoms with Crippen LogP contribution < -0.4 is 24.7 Å². The quantitative estimate of drug-likeness (QED) is 0.703. The van der Waals surface area contributed by atoms with Crippen molar-refractivity contribution in [1.82, 2.24) is 4.72 Å². The fourth-order valence-electron chi connectivity index (χ4n) is 2.05. The molecule has 1 aromatic carbocycles. The third-order valence-corrected chi connectivity index (χ3v) is 5.43. The van der Waals surface area contributed by atoms with Crippen molar-refractivity contribution in [2.24, 2.45) is 5.73 Å². The summed E-state index contributed by atoms with van der Waals surface area (Å²) >= 11 is 0. The van der Waals surface area contributed by atoms with Crippen molar-refractivity contribution in [2.75, 3.05) is 27.9 Å². The fraction of sp³-hybridized carbons (Fsp3) is 0.600. The molecule has 0 aliphatic heterocycles. The first-order valence-corrected chi connectivity index (χ1v) is 8.83. The van der Waals surface area contributed by atoms with Crippen molar-refractivity contribution in [1.29, 1.82) is 0 Å². The molecule has 0 aromatic heterocycles. The van der Waals surface area contributed by atoms with E-state index in [9.17, 15) is 8.42 Å². The molecular formula is C15H26N2O5S. The second kappa shape index (κ2) is 7.85. The van der Waals surface area contributed by atoms with E-state index in [-0.39, 0.29) is 22.9 Å². The van der Waals surface area contributed by atoms with Crippen LogP contribution in [0.5, 0.6) is 17.2 Å². The molecule has 0 spiro atoms. The number of hydrogen-bond donors (Lipinski definition) is 2. The van der Waals surface area contributed by atoms with Crippen molar-refractivity contribution in [3.05, 3.63) is 12.1 Å². The molecule has 0 saturated carbocycles. The molecule has 0 unspecified atom stereocenters. The Bertz CT molecular complexity index is 602. The predicted molar refractivity (Wildman–Crippen MR) is 88.8 cm³/mol. The van der Waals surface area contributed by atoms with E-state index >= 15 is 0 Å². The van der Waals surface area contributed by atoms with Gasteiger partial charge in [0.2, 0.25) is 10.0 Å². The first kappa shape index (κ1) is 19.5. The van der Waals surface area contributed by atoms with Gasteiger partial charge in [0.05, 0.1) is 21.3 Å². The number of methoxy groups -OCH3 is 3. The highest BCUT2D eigenvalue weighted by Gasteiger charge is 2.29. The van der Waals surface area contributed by atoms with Gasteiger partial charge in [-0.2, -0.15) is 0 Å². The van der Waals surface area contributed by atoms with E-state index in [0.717, 1.165) is 0 Å². The Labute approximate surface area is 138 Å². The minimum absolute atomic E-state index is 0.0714. The number of benzene rings is 1. The van der Waals surface area contributed by atoms with Crippen molar-refractivity contribution in [3.63, 3.8) is 0 Å². The van der Waals surface area contributed by atoms with Gasteiger partial charge in [-0.15, -0.1) is 0 Å². The lowest BCUT2D eigenvalue weighted by molar-refractivity contribution is 0.357. The van der Waals surface area contributed by atoms with Gasteiger partial charge in [-0.3, -0.25) is 0 Å². The average Bonchev–Trinajstić information content (AvgIpc) is 2.58. The van der Waals surface area contributed by atoms with E-state index in [1.165, 1.54) is 33.5 Å². The van der Waals surface area contributed by atoms with Crippen LogP contribution in [0.3, 0.4) is 0 Å². The van der Waals surface area contributed by atoms with Crippen LogP contribution in [0.2, 0.25) is 0 Å². The van der Waals surface area contributed by atoms with Gasteiger partial charge in [-0.1, -0.05) is 13.8 Å². The van der Waals surface area contributed by atoms with Crippen LogP contribution >= 0.6 is 0 Å². The Kier molecular flexibility index (Phi) is 6.67. The molecular weight excluding hydrogens is 320 g/mol. The normalized spacial score (nSPS) is 12.1. The van der Waals surface area contributed by atoms with Gasteiger partial charge in [-0.05, 0) is 12.8 Å². The fourth-order valence-corrected chi connectivity index (χ4v) is 3.49. The van der Waals surface area contributed by atoms with Crippen LogP contribution in [0.1, 0.15) is 26.7 Å². The van der Waals surface area contributed by atoms with Gasteiger partial charge in [0.25, 0.3) is 0 Å². The summed E-state index contributed by atoms with van der Waals surface area (Å²) in [6, 6.07) is 2.98. The van der Waals surface area contributed by atoms with E-state index in [2.05, 4.69) is 4.72 Å². The summed E-state index contributed by atoms with van der Waals surface area (Å²) in [4.78, 5) is -0.0714. The molecule has 0 heterocycles. The summed E-state index contributed by atoms with van der Waals surface area (Å²) < 4.78 is 43.5. The Hall–Kier alpha value is -1.51. The molecule has 132 valence electrons. The van der Waals surface area contributed by atoms with Crippen LogP contribution in [0, 0.1) is 0 Å². The predicted octanol–water partition coefficient (Wildman–Crippen LogP) is 1.51. The molecule has 0 aliphatic rings. The van der Waals surface area contributed by atoms with Gasteiger partial charge in [0.15, 0.2) is 4.90 Å². The lowest BCUT2D eigenvalue weighted by atomic mass is 9.95. The second-order valence-corrected chi connectivity index (χ2v) is 6.96. The zero-order valence-corrected chi connectivity index (χ0v) is 15.1. The minimum Gasteiger partial charge on any atom is -0.496 e. The molecule has 0 radical (unpaired) electrons. The zero-order valence-electron chi connectivity index (χ0n) is 14.3. The highest BCUT2D eigenvalue weighted by atomic mass is 32.2. The molecule has 1 aromatic rings.